The van der Waals surface area contributed by atoms with Gasteiger partial charge in [-0.1, -0.05) is 56.3 Å². The minimum atomic E-state index is -0.137. The molecular weight excluding hydrogens is 436 g/mol. The fourth-order valence-corrected chi connectivity index (χ4v) is 4.17. The van der Waals surface area contributed by atoms with E-state index in [1.165, 1.54) is 0 Å². The number of benzene rings is 3. The van der Waals surface area contributed by atoms with Crippen molar-refractivity contribution >= 4 is 5.91 Å². The standard InChI is InChI=1S/C29H32N4O2/c1-29(2,20-32(3)4)19-31-28(34)27-18-30-21-33(27)24-10-8-9-23(17-24)22-13-15-26(16-14-22)35-25-11-6-5-7-12-25/h5-18,21H,19-20H2,1-4H3,(H,31,34). The maximum absolute atomic E-state index is 13.0. The number of aromatic nitrogens is 2. The number of rotatable bonds is 9. The third-order valence-electron chi connectivity index (χ3n) is 5.63. The molecule has 3 aromatic carbocycles. The number of imidazole rings is 1. The predicted octanol–water partition coefficient (Wildman–Crippen LogP) is 5.65. The van der Waals surface area contributed by atoms with Crippen molar-refractivity contribution in [3.8, 4) is 28.3 Å². The lowest BCUT2D eigenvalue weighted by Crippen LogP contribution is -2.40. The number of hydrogen-bond donors (Lipinski definition) is 1. The van der Waals surface area contributed by atoms with Crippen molar-refractivity contribution in [3.05, 3.63) is 97.1 Å². The zero-order valence-electron chi connectivity index (χ0n) is 20.7. The first-order valence-electron chi connectivity index (χ1n) is 11.7. The zero-order chi connectivity index (χ0) is 24.8. The summed E-state index contributed by atoms with van der Waals surface area (Å²) in [5, 5.41) is 3.07. The summed E-state index contributed by atoms with van der Waals surface area (Å²) in [6, 6.07) is 25.8. The first kappa shape index (κ1) is 24.2. The highest BCUT2D eigenvalue weighted by atomic mass is 16.5. The molecule has 4 rings (SSSR count). The van der Waals surface area contributed by atoms with Crippen molar-refractivity contribution in [1.82, 2.24) is 19.8 Å². The molecule has 0 unspecified atom stereocenters. The number of ether oxygens (including phenoxy) is 1. The Hall–Kier alpha value is -3.90. The molecule has 0 radical (unpaired) electrons. The van der Waals surface area contributed by atoms with Crippen molar-refractivity contribution in [2.24, 2.45) is 5.41 Å². The van der Waals surface area contributed by atoms with E-state index in [0.717, 1.165) is 34.9 Å². The summed E-state index contributed by atoms with van der Waals surface area (Å²) < 4.78 is 7.73. The molecule has 0 saturated carbocycles. The van der Waals surface area contributed by atoms with Crippen LogP contribution in [0.3, 0.4) is 0 Å². The molecule has 6 nitrogen and oxygen atoms in total. The lowest BCUT2D eigenvalue weighted by molar-refractivity contribution is 0.0922. The van der Waals surface area contributed by atoms with Gasteiger partial charge in [0, 0.05) is 18.8 Å². The quantitative estimate of drug-likeness (QED) is 0.345. The Bertz CT molecular complexity index is 1260. The SMILES string of the molecule is CN(C)CC(C)(C)CNC(=O)c1cncn1-c1cccc(-c2ccc(Oc3ccccc3)cc2)c1. The molecule has 0 bridgehead atoms. The molecule has 0 aliphatic carbocycles. The van der Waals surface area contributed by atoms with Gasteiger partial charge in [-0.15, -0.1) is 0 Å². The smallest absolute Gasteiger partial charge is 0.269 e. The molecule has 0 saturated heterocycles. The molecule has 35 heavy (non-hydrogen) atoms. The van der Waals surface area contributed by atoms with Crippen LogP contribution in [0.25, 0.3) is 16.8 Å². The molecule has 180 valence electrons. The molecular formula is C29H32N4O2. The fourth-order valence-electron chi connectivity index (χ4n) is 4.17. The van der Waals surface area contributed by atoms with Gasteiger partial charge >= 0.3 is 0 Å². The topological polar surface area (TPSA) is 59.4 Å². The number of amides is 1. The molecule has 6 heteroatoms. The molecule has 1 N–H and O–H groups in total. The van der Waals surface area contributed by atoms with Crippen LogP contribution < -0.4 is 10.1 Å². The first-order valence-corrected chi connectivity index (χ1v) is 11.7. The van der Waals surface area contributed by atoms with Crippen molar-refractivity contribution in [2.45, 2.75) is 13.8 Å². The number of carbonyl (C=O) groups excluding carboxylic acids is 1. The molecule has 4 aromatic rings. The van der Waals surface area contributed by atoms with Crippen molar-refractivity contribution in [3.63, 3.8) is 0 Å². The Morgan fingerprint density at radius 1 is 0.943 bits per heavy atom. The van der Waals surface area contributed by atoms with Gasteiger partial charge in [-0.05, 0) is 67.0 Å². The van der Waals surface area contributed by atoms with Crippen LogP contribution in [0.2, 0.25) is 0 Å². The number of nitrogens with zero attached hydrogens (tertiary/aromatic N) is 3. The summed E-state index contributed by atoms with van der Waals surface area (Å²) in [6.07, 6.45) is 3.28. The summed E-state index contributed by atoms with van der Waals surface area (Å²) in [5.74, 6) is 1.45. The second kappa shape index (κ2) is 10.6. The third-order valence-corrected chi connectivity index (χ3v) is 5.63. The van der Waals surface area contributed by atoms with E-state index in [0.29, 0.717) is 12.2 Å². The molecule has 0 spiro atoms. The van der Waals surface area contributed by atoms with E-state index in [2.05, 4.69) is 41.2 Å². The van der Waals surface area contributed by atoms with Gasteiger partial charge in [0.2, 0.25) is 0 Å². The van der Waals surface area contributed by atoms with Crippen molar-refractivity contribution in [1.29, 1.82) is 0 Å². The largest absolute Gasteiger partial charge is 0.457 e. The van der Waals surface area contributed by atoms with E-state index < -0.39 is 0 Å². The average molecular weight is 469 g/mol. The first-order chi connectivity index (χ1) is 16.8. The van der Waals surface area contributed by atoms with Gasteiger partial charge in [0.1, 0.15) is 17.2 Å². The highest BCUT2D eigenvalue weighted by Gasteiger charge is 2.21. The fraction of sp³-hybridized carbons (Fsp3) is 0.241. The molecule has 0 fully saturated rings. The minimum Gasteiger partial charge on any atom is -0.457 e. The lowest BCUT2D eigenvalue weighted by Gasteiger charge is -2.28. The van der Waals surface area contributed by atoms with Crippen LogP contribution in [0.4, 0.5) is 0 Å². The van der Waals surface area contributed by atoms with Gasteiger partial charge in [-0.3, -0.25) is 9.36 Å². The Morgan fingerprint density at radius 3 is 2.37 bits per heavy atom. The lowest BCUT2D eigenvalue weighted by atomic mass is 9.93. The van der Waals surface area contributed by atoms with E-state index >= 15 is 0 Å². The molecule has 0 aliphatic heterocycles. The minimum absolute atomic E-state index is 0.0414. The van der Waals surface area contributed by atoms with Crippen LogP contribution in [0.15, 0.2) is 91.4 Å². The predicted molar refractivity (Wildman–Crippen MR) is 140 cm³/mol. The maximum atomic E-state index is 13.0. The van der Waals surface area contributed by atoms with Gasteiger partial charge in [-0.2, -0.15) is 0 Å². The van der Waals surface area contributed by atoms with Gasteiger partial charge in [0.25, 0.3) is 5.91 Å². The molecule has 0 aliphatic rings. The summed E-state index contributed by atoms with van der Waals surface area (Å²) in [4.78, 5) is 19.3. The number of carbonyl (C=O) groups is 1. The number of para-hydroxylation sites is 1. The van der Waals surface area contributed by atoms with E-state index in [9.17, 15) is 4.79 Å². The highest BCUT2D eigenvalue weighted by Crippen LogP contribution is 2.27. The summed E-state index contributed by atoms with van der Waals surface area (Å²) in [5.41, 5.74) is 3.45. The Balaban J connectivity index is 1.49. The second-order valence-corrected chi connectivity index (χ2v) is 9.72. The Morgan fingerprint density at radius 2 is 1.66 bits per heavy atom. The average Bonchev–Trinajstić information content (AvgIpc) is 3.33. The Labute approximate surface area is 207 Å². The van der Waals surface area contributed by atoms with Crippen molar-refractivity contribution < 1.29 is 9.53 Å². The normalized spacial score (nSPS) is 11.5. The summed E-state index contributed by atoms with van der Waals surface area (Å²) in [6.45, 7) is 5.74. The van der Waals surface area contributed by atoms with Crippen LogP contribution in [-0.2, 0) is 0 Å². The van der Waals surface area contributed by atoms with Gasteiger partial charge in [0.05, 0.1) is 12.5 Å². The molecule has 0 atom stereocenters. The highest BCUT2D eigenvalue weighted by molar-refractivity contribution is 5.93. The molecule has 1 aromatic heterocycles. The number of hydrogen-bond acceptors (Lipinski definition) is 4. The van der Waals surface area contributed by atoms with Crippen molar-refractivity contribution in [2.75, 3.05) is 27.2 Å². The monoisotopic (exact) mass is 468 g/mol. The molecule has 1 amide bonds. The number of nitrogens with one attached hydrogen (secondary N) is 1. The van der Waals surface area contributed by atoms with E-state index in [1.807, 2.05) is 85.4 Å². The van der Waals surface area contributed by atoms with Gasteiger partial charge in [0.15, 0.2) is 0 Å². The third kappa shape index (κ3) is 6.37. The van der Waals surface area contributed by atoms with Gasteiger partial charge < -0.3 is 15.0 Å². The van der Waals surface area contributed by atoms with Crippen LogP contribution in [0.1, 0.15) is 24.3 Å². The van der Waals surface area contributed by atoms with E-state index in [4.69, 9.17) is 4.74 Å². The van der Waals surface area contributed by atoms with Gasteiger partial charge in [-0.25, -0.2) is 4.98 Å². The maximum Gasteiger partial charge on any atom is 0.269 e. The molecule has 1 heterocycles. The summed E-state index contributed by atoms with van der Waals surface area (Å²) in [7, 11) is 4.07. The Kier molecular flexibility index (Phi) is 7.32. The van der Waals surface area contributed by atoms with Crippen LogP contribution in [0.5, 0.6) is 11.5 Å². The zero-order valence-corrected chi connectivity index (χ0v) is 20.7. The second-order valence-electron chi connectivity index (χ2n) is 9.72. The van der Waals surface area contributed by atoms with Crippen LogP contribution in [-0.4, -0.2) is 47.5 Å². The summed E-state index contributed by atoms with van der Waals surface area (Å²) >= 11 is 0. The van der Waals surface area contributed by atoms with Crippen LogP contribution in [0, 0.1) is 5.41 Å². The van der Waals surface area contributed by atoms with E-state index in [1.54, 1.807) is 12.5 Å². The van der Waals surface area contributed by atoms with E-state index in [-0.39, 0.29) is 11.3 Å². The van der Waals surface area contributed by atoms with Crippen LogP contribution >= 0.6 is 0 Å².